The Kier molecular flexibility index (Phi) is 4.23. The zero-order valence-electron chi connectivity index (χ0n) is 6.02. The zero-order valence-corrected chi connectivity index (χ0v) is 6.02. The molecule has 0 fully saturated rings. The number of rotatable bonds is 4. The lowest BCUT2D eigenvalue weighted by Crippen LogP contribution is -2.03. The van der Waals surface area contributed by atoms with Crippen molar-refractivity contribution in [3.05, 3.63) is 0 Å². The van der Waals surface area contributed by atoms with E-state index in [2.05, 4.69) is 5.92 Å². The number of carbonyl (C=O) groups is 2. The van der Waals surface area contributed by atoms with Crippen molar-refractivity contribution in [3.8, 4) is 12.3 Å². The van der Waals surface area contributed by atoms with E-state index in [-0.39, 0.29) is 18.0 Å². The van der Waals surface area contributed by atoms with Gasteiger partial charge in [-0.25, -0.2) is 0 Å². The molecule has 0 aliphatic heterocycles. The molecule has 0 amide bonds. The Morgan fingerprint density at radius 3 is 2.50 bits per heavy atom. The van der Waals surface area contributed by atoms with Crippen LogP contribution in [0, 0.1) is 12.3 Å². The third-order valence-corrected chi connectivity index (χ3v) is 0.994. The molecular formula is C8H10O2. The average Bonchev–Trinajstić information content (AvgIpc) is 1.82. The van der Waals surface area contributed by atoms with Crippen LogP contribution >= 0.6 is 0 Å². The molecule has 0 aliphatic carbocycles. The van der Waals surface area contributed by atoms with Crippen LogP contribution in [-0.2, 0) is 9.59 Å². The summed E-state index contributed by atoms with van der Waals surface area (Å²) in [7, 11) is 0. The molecule has 0 bridgehead atoms. The second-order valence-corrected chi connectivity index (χ2v) is 2.12. The van der Waals surface area contributed by atoms with Gasteiger partial charge >= 0.3 is 0 Å². The van der Waals surface area contributed by atoms with Gasteiger partial charge in [-0.3, -0.25) is 9.59 Å². The zero-order chi connectivity index (χ0) is 7.98. The first-order valence-corrected chi connectivity index (χ1v) is 3.11. The van der Waals surface area contributed by atoms with Gasteiger partial charge in [-0.2, -0.15) is 0 Å². The van der Waals surface area contributed by atoms with E-state index in [1.54, 1.807) is 0 Å². The molecule has 0 rings (SSSR count). The summed E-state index contributed by atoms with van der Waals surface area (Å²) in [4.78, 5) is 21.0. The maximum Gasteiger partial charge on any atom is 0.141 e. The quantitative estimate of drug-likeness (QED) is 0.428. The number of hydrogen-bond donors (Lipinski definition) is 0. The number of ketones is 2. The summed E-state index contributed by atoms with van der Waals surface area (Å²) in [6.07, 6.45) is 5.72. The van der Waals surface area contributed by atoms with E-state index in [4.69, 9.17) is 6.42 Å². The van der Waals surface area contributed by atoms with Crippen LogP contribution in [0.15, 0.2) is 0 Å². The van der Waals surface area contributed by atoms with Crippen molar-refractivity contribution in [2.45, 2.75) is 26.2 Å². The standard InChI is InChI=1S/C8H10O2/c1-3-4-5-8(10)6-7(2)9/h1H,4-6H2,2H3. The Morgan fingerprint density at radius 2 is 2.10 bits per heavy atom. The first-order chi connectivity index (χ1) is 4.66. The van der Waals surface area contributed by atoms with Crippen LogP contribution in [0.25, 0.3) is 0 Å². The summed E-state index contributed by atoms with van der Waals surface area (Å²) < 4.78 is 0. The van der Waals surface area contributed by atoms with Crippen molar-refractivity contribution in [1.82, 2.24) is 0 Å². The molecule has 0 N–H and O–H groups in total. The smallest absolute Gasteiger partial charge is 0.141 e. The molecule has 2 nitrogen and oxygen atoms in total. The number of Topliss-reactive ketones (excluding diaryl/α,β-unsaturated/α-hetero) is 2. The van der Waals surface area contributed by atoms with Crippen molar-refractivity contribution >= 4 is 11.6 Å². The van der Waals surface area contributed by atoms with Crippen LogP contribution in [-0.4, -0.2) is 11.6 Å². The van der Waals surface area contributed by atoms with Gasteiger partial charge in [0.15, 0.2) is 0 Å². The lowest BCUT2D eigenvalue weighted by atomic mass is 10.1. The van der Waals surface area contributed by atoms with Gasteiger partial charge in [0.1, 0.15) is 11.6 Å². The summed E-state index contributed by atoms with van der Waals surface area (Å²) in [6.45, 7) is 1.40. The second-order valence-electron chi connectivity index (χ2n) is 2.12. The van der Waals surface area contributed by atoms with Gasteiger partial charge in [0.25, 0.3) is 0 Å². The van der Waals surface area contributed by atoms with Gasteiger partial charge in [-0.1, -0.05) is 0 Å². The SMILES string of the molecule is C#CCCC(=O)CC(C)=O. The summed E-state index contributed by atoms with van der Waals surface area (Å²) in [5, 5.41) is 0. The maximum absolute atomic E-state index is 10.7. The van der Waals surface area contributed by atoms with Gasteiger partial charge in [0, 0.05) is 12.8 Å². The number of carbonyl (C=O) groups excluding carboxylic acids is 2. The molecule has 0 saturated heterocycles. The topological polar surface area (TPSA) is 34.1 Å². The van der Waals surface area contributed by atoms with Gasteiger partial charge in [0.05, 0.1) is 6.42 Å². The fraction of sp³-hybridized carbons (Fsp3) is 0.500. The lowest BCUT2D eigenvalue weighted by Gasteiger charge is -1.91. The van der Waals surface area contributed by atoms with Crippen molar-refractivity contribution in [2.75, 3.05) is 0 Å². The molecule has 10 heavy (non-hydrogen) atoms. The van der Waals surface area contributed by atoms with E-state index in [0.29, 0.717) is 12.8 Å². The van der Waals surface area contributed by atoms with Gasteiger partial charge in [-0.15, -0.1) is 12.3 Å². The first kappa shape index (κ1) is 8.90. The summed E-state index contributed by atoms with van der Waals surface area (Å²) >= 11 is 0. The summed E-state index contributed by atoms with van der Waals surface area (Å²) in [6, 6.07) is 0. The normalized spacial score (nSPS) is 8.40. The highest BCUT2D eigenvalue weighted by molar-refractivity contribution is 5.97. The average molecular weight is 138 g/mol. The largest absolute Gasteiger partial charge is 0.300 e. The van der Waals surface area contributed by atoms with Crippen molar-refractivity contribution in [1.29, 1.82) is 0 Å². The predicted octanol–water partition coefficient (Wildman–Crippen LogP) is 0.948. The highest BCUT2D eigenvalue weighted by Crippen LogP contribution is 1.93. The molecule has 54 valence electrons. The van der Waals surface area contributed by atoms with E-state index >= 15 is 0 Å². The Hall–Kier alpha value is -1.10. The third kappa shape index (κ3) is 5.04. The summed E-state index contributed by atoms with van der Waals surface area (Å²) in [5.74, 6) is 2.18. The highest BCUT2D eigenvalue weighted by atomic mass is 16.1. The Balaban J connectivity index is 3.47. The van der Waals surface area contributed by atoms with Gasteiger partial charge in [-0.05, 0) is 6.92 Å². The molecule has 0 saturated carbocycles. The summed E-state index contributed by atoms with van der Waals surface area (Å²) in [5.41, 5.74) is 0. The fourth-order valence-corrected chi connectivity index (χ4v) is 0.578. The predicted molar refractivity (Wildman–Crippen MR) is 38.4 cm³/mol. The molecule has 2 heteroatoms. The monoisotopic (exact) mass is 138 g/mol. The molecule has 0 heterocycles. The Bertz CT molecular complexity index is 174. The minimum Gasteiger partial charge on any atom is -0.300 e. The molecule has 0 spiro atoms. The minimum atomic E-state index is -0.0954. The van der Waals surface area contributed by atoms with E-state index in [1.165, 1.54) is 6.92 Å². The third-order valence-electron chi connectivity index (χ3n) is 0.994. The number of hydrogen-bond acceptors (Lipinski definition) is 2. The van der Waals surface area contributed by atoms with Crippen LogP contribution in [0.5, 0.6) is 0 Å². The van der Waals surface area contributed by atoms with E-state index in [1.807, 2.05) is 0 Å². The molecule has 0 atom stereocenters. The number of terminal acetylenes is 1. The van der Waals surface area contributed by atoms with Crippen LogP contribution in [0.4, 0.5) is 0 Å². The molecule has 0 aromatic heterocycles. The minimum absolute atomic E-state index is 0.0294. The molecule has 0 radical (unpaired) electrons. The fourth-order valence-electron chi connectivity index (χ4n) is 0.578. The maximum atomic E-state index is 10.7. The van der Waals surface area contributed by atoms with E-state index in [0.717, 1.165) is 0 Å². The molecular weight excluding hydrogens is 128 g/mol. The van der Waals surface area contributed by atoms with Crippen LogP contribution in [0.3, 0.4) is 0 Å². The van der Waals surface area contributed by atoms with Crippen LogP contribution in [0.2, 0.25) is 0 Å². The van der Waals surface area contributed by atoms with Crippen molar-refractivity contribution in [3.63, 3.8) is 0 Å². The van der Waals surface area contributed by atoms with Crippen molar-refractivity contribution in [2.24, 2.45) is 0 Å². The molecule has 0 aliphatic rings. The van der Waals surface area contributed by atoms with E-state index < -0.39 is 0 Å². The Morgan fingerprint density at radius 1 is 1.50 bits per heavy atom. The molecule has 0 aromatic rings. The Labute approximate surface area is 60.6 Å². The van der Waals surface area contributed by atoms with Gasteiger partial charge < -0.3 is 0 Å². The lowest BCUT2D eigenvalue weighted by molar-refractivity contribution is -0.125. The van der Waals surface area contributed by atoms with Gasteiger partial charge in [0.2, 0.25) is 0 Å². The second kappa shape index (κ2) is 4.75. The molecule has 0 unspecified atom stereocenters. The molecule has 0 aromatic carbocycles. The van der Waals surface area contributed by atoms with Crippen LogP contribution in [0.1, 0.15) is 26.2 Å². The highest BCUT2D eigenvalue weighted by Gasteiger charge is 2.02. The van der Waals surface area contributed by atoms with Crippen LogP contribution < -0.4 is 0 Å². The van der Waals surface area contributed by atoms with E-state index in [9.17, 15) is 9.59 Å². The van der Waals surface area contributed by atoms with Crippen molar-refractivity contribution < 1.29 is 9.59 Å². The first-order valence-electron chi connectivity index (χ1n) is 3.11.